The number of hydrogen-bond donors (Lipinski definition) is 7. The van der Waals surface area contributed by atoms with Crippen LogP contribution in [0.5, 0.6) is 0 Å². The fraction of sp³-hybridized carbons (Fsp3) is 0.682. The number of carboxylic acid groups (broad SMARTS) is 5. The van der Waals surface area contributed by atoms with Gasteiger partial charge in [-0.05, 0) is 40.2 Å². The summed E-state index contributed by atoms with van der Waals surface area (Å²) in [6.07, 6.45) is 0.203. The van der Waals surface area contributed by atoms with Crippen LogP contribution in [0, 0.1) is 5.92 Å². The second-order valence-corrected chi connectivity index (χ2v) is 23.7. The molecule has 0 bridgehead atoms. The highest BCUT2D eigenvalue weighted by atomic mass is 28.4. The summed E-state index contributed by atoms with van der Waals surface area (Å²) in [4.78, 5) is 107. The number of aliphatic carboxylic acids is 5. The van der Waals surface area contributed by atoms with Crippen LogP contribution in [-0.2, 0) is 33.6 Å². The fourth-order valence-corrected chi connectivity index (χ4v) is 13.1. The Morgan fingerprint density at radius 1 is 0.677 bits per heavy atom. The van der Waals surface area contributed by atoms with Crippen LogP contribution in [0.1, 0.15) is 97.3 Å². The number of hydrogen-bond acceptors (Lipinski definition) is 12. The molecule has 7 N–H and O–H groups in total. The van der Waals surface area contributed by atoms with E-state index in [-0.39, 0.29) is 77.3 Å². The Morgan fingerprint density at radius 2 is 1.12 bits per heavy atom. The lowest BCUT2D eigenvalue weighted by molar-refractivity contribution is -0.145. The molecule has 19 nitrogen and oxygen atoms in total. The van der Waals surface area contributed by atoms with Crippen molar-refractivity contribution in [2.75, 3.05) is 78.5 Å². The van der Waals surface area contributed by atoms with E-state index in [1.807, 2.05) is 48.5 Å². The van der Waals surface area contributed by atoms with Gasteiger partial charge < -0.3 is 40.3 Å². The number of nitrogens with one attached hydrogen (secondary N) is 2. The Labute approximate surface area is 381 Å². The van der Waals surface area contributed by atoms with Gasteiger partial charge in [-0.1, -0.05) is 73.4 Å². The van der Waals surface area contributed by atoms with Gasteiger partial charge in [0, 0.05) is 77.3 Å². The highest BCUT2D eigenvalue weighted by Crippen LogP contribution is 2.51. The van der Waals surface area contributed by atoms with Crippen molar-refractivity contribution in [2.24, 2.45) is 5.92 Å². The zero-order chi connectivity index (χ0) is 49.3. The van der Waals surface area contributed by atoms with Crippen molar-refractivity contribution >= 4 is 61.0 Å². The van der Waals surface area contributed by atoms with Crippen molar-refractivity contribution in [1.29, 1.82) is 0 Å². The predicted molar refractivity (Wildman–Crippen MR) is 241 cm³/mol. The summed E-state index contributed by atoms with van der Waals surface area (Å²) in [6.45, 7) is 11.9. The van der Waals surface area contributed by atoms with Crippen LogP contribution in [0.2, 0.25) is 10.1 Å². The number of nitrogens with zero attached hydrogens (tertiary/aromatic N) is 4. The Balaban J connectivity index is 2.36. The van der Waals surface area contributed by atoms with Gasteiger partial charge >= 0.3 is 29.8 Å². The topological polar surface area (TPSA) is 275 Å². The Morgan fingerprint density at radius 3 is 1.51 bits per heavy atom. The van der Waals surface area contributed by atoms with Crippen LogP contribution >= 0.6 is 0 Å². The van der Waals surface area contributed by atoms with E-state index < -0.39 is 116 Å². The van der Waals surface area contributed by atoms with Gasteiger partial charge in [-0.25, -0.2) is 0 Å². The second-order valence-electron chi connectivity index (χ2n) is 18.9. The average molecular weight is 939 g/mol. The van der Waals surface area contributed by atoms with Gasteiger partial charge in [0.05, 0.1) is 25.6 Å². The molecule has 1 aliphatic heterocycles. The SMILES string of the molecule is CCCCC(CC(=O)C(CNC(=O)c1ccc([Si](F)(C(C)(C)C)C(C)(C)C)cc1)NC(=O)CCC(C(=O)O)N1CCN(CC(=O)O)CCN(CC(=O)O)CCN(CC(=O)O)CC1)C(=O)O. The first-order chi connectivity index (χ1) is 30.2. The number of carbonyl (C=O) groups excluding carboxylic acids is 3. The number of amides is 2. The molecule has 3 atom stereocenters. The summed E-state index contributed by atoms with van der Waals surface area (Å²) in [5, 5.41) is 53.2. The smallest absolute Gasteiger partial charge is 0.320 e. The molecule has 0 spiro atoms. The maximum Gasteiger partial charge on any atom is 0.320 e. The summed E-state index contributed by atoms with van der Waals surface area (Å²) < 4.78 is 16.9. The average Bonchev–Trinajstić information content (AvgIpc) is 3.19. The summed E-state index contributed by atoms with van der Waals surface area (Å²) in [5.41, 5.74) is 0.161. The maximum atomic E-state index is 16.9. The number of unbranched alkanes of at least 4 members (excludes halogenated alkanes) is 1. The molecular formula is C44H71FN6O13Si. The molecule has 1 saturated heterocycles. The Kier molecular flexibility index (Phi) is 22.3. The quantitative estimate of drug-likeness (QED) is 0.0612. The fourth-order valence-electron chi connectivity index (χ4n) is 8.44. The van der Waals surface area contributed by atoms with Crippen LogP contribution in [0.25, 0.3) is 0 Å². The predicted octanol–water partition coefficient (Wildman–Crippen LogP) is 2.18. The molecule has 1 aromatic carbocycles. The Hall–Kier alpha value is -4.83. The van der Waals surface area contributed by atoms with E-state index in [0.29, 0.717) is 18.0 Å². The highest BCUT2D eigenvalue weighted by Gasteiger charge is 2.56. The van der Waals surface area contributed by atoms with E-state index in [2.05, 4.69) is 10.6 Å². The van der Waals surface area contributed by atoms with Crippen molar-refractivity contribution in [3.8, 4) is 0 Å². The van der Waals surface area contributed by atoms with Gasteiger partial charge in [-0.15, -0.1) is 0 Å². The largest absolute Gasteiger partial charge is 0.481 e. The van der Waals surface area contributed by atoms with Crippen molar-refractivity contribution in [3.63, 3.8) is 0 Å². The van der Waals surface area contributed by atoms with E-state index in [4.69, 9.17) is 0 Å². The molecule has 2 rings (SSSR count). The molecule has 1 fully saturated rings. The van der Waals surface area contributed by atoms with Crippen molar-refractivity contribution in [2.45, 2.75) is 109 Å². The second kappa shape index (κ2) is 25.8. The summed E-state index contributed by atoms with van der Waals surface area (Å²) in [5.74, 6) is -9.09. The van der Waals surface area contributed by atoms with Crippen LogP contribution < -0.4 is 15.8 Å². The first-order valence-corrected chi connectivity index (χ1v) is 24.0. The van der Waals surface area contributed by atoms with Gasteiger partial charge in [-0.2, -0.15) is 0 Å². The number of ketones is 1. The van der Waals surface area contributed by atoms with Crippen molar-refractivity contribution in [3.05, 3.63) is 29.8 Å². The number of benzene rings is 1. The third-order valence-corrected chi connectivity index (χ3v) is 17.1. The van der Waals surface area contributed by atoms with E-state index in [1.54, 1.807) is 17.0 Å². The molecule has 366 valence electrons. The molecule has 1 heterocycles. The molecule has 0 radical (unpaired) electrons. The first-order valence-electron chi connectivity index (χ1n) is 22.1. The summed E-state index contributed by atoms with van der Waals surface area (Å²) in [7, 11) is -3.64. The molecule has 1 aliphatic rings. The van der Waals surface area contributed by atoms with Gasteiger partial charge in [0.15, 0.2) is 5.78 Å². The zero-order valence-corrected chi connectivity index (χ0v) is 39.9. The van der Waals surface area contributed by atoms with Crippen molar-refractivity contribution in [1.82, 2.24) is 30.2 Å². The number of rotatable bonds is 23. The summed E-state index contributed by atoms with van der Waals surface area (Å²) >= 11 is 0. The van der Waals surface area contributed by atoms with E-state index in [9.17, 15) is 63.9 Å². The number of carbonyl (C=O) groups is 8. The zero-order valence-electron chi connectivity index (χ0n) is 38.9. The van der Waals surface area contributed by atoms with Crippen LogP contribution in [-0.4, -0.2) is 192 Å². The first kappa shape index (κ1) is 56.3. The van der Waals surface area contributed by atoms with E-state index >= 15 is 4.11 Å². The van der Waals surface area contributed by atoms with E-state index in [1.165, 1.54) is 26.8 Å². The minimum atomic E-state index is -3.64. The minimum Gasteiger partial charge on any atom is -0.481 e. The number of Topliss-reactive ketones (excluding diaryl/α,β-unsaturated/α-hetero) is 1. The van der Waals surface area contributed by atoms with Crippen LogP contribution in [0.3, 0.4) is 0 Å². The minimum absolute atomic E-state index is 0.0188. The van der Waals surface area contributed by atoms with Gasteiger partial charge in [0.1, 0.15) is 12.1 Å². The molecule has 0 aliphatic carbocycles. The molecule has 2 amide bonds. The van der Waals surface area contributed by atoms with Gasteiger partial charge in [-0.3, -0.25) is 58.0 Å². The van der Waals surface area contributed by atoms with E-state index in [0.717, 1.165) is 0 Å². The lowest BCUT2D eigenvalue weighted by Crippen LogP contribution is -2.57. The molecular weight excluding hydrogens is 868 g/mol. The molecule has 0 aromatic heterocycles. The number of halogens is 1. The monoisotopic (exact) mass is 938 g/mol. The molecule has 1 aromatic rings. The summed E-state index contributed by atoms with van der Waals surface area (Å²) in [6, 6.07) is 3.42. The lowest BCUT2D eigenvalue weighted by Gasteiger charge is -2.44. The Bertz CT molecular complexity index is 1760. The molecule has 0 saturated carbocycles. The van der Waals surface area contributed by atoms with Gasteiger partial charge in [0.25, 0.3) is 14.3 Å². The lowest BCUT2D eigenvalue weighted by atomic mass is 9.93. The van der Waals surface area contributed by atoms with Gasteiger partial charge in [0.2, 0.25) is 5.91 Å². The maximum absolute atomic E-state index is 16.9. The third-order valence-electron chi connectivity index (χ3n) is 11.8. The standard InChI is InChI=1S/C44H71FN6O13Si/c1-8-9-10-31(41(61)62)25-35(52)33(26-46-40(60)30-11-13-32(14-12-30)65(45,43(2,3)4)44(5,6)7)47-36(53)16-15-34(42(63)64)51-23-21-49(28-38(56)57)19-17-48(27-37(54)55)18-20-50(22-24-51)29-39(58)59/h11-14,31,33-34H,8-10,15-29H2,1-7H3,(H,46,60)(H,47,53)(H,54,55)(H,56,57)(H,58,59)(H,61,62)(H,63,64). The van der Waals surface area contributed by atoms with Crippen LogP contribution in [0.4, 0.5) is 4.11 Å². The van der Waals surface area contributed by atoms with Crippen LogP contribution in [0.15, 0.2) is 24.3 Å². The highest BCUT2D eigenvalue weighted by molar-refractivity contribution is 6.90. The number of carboxylic acids is 5. The molecule has 65 heavy (non-hydrogen) atoms. The molecule has 3 unspecified atom stereocenters. The third kappa shape index (κ3) is 18.2. The van der Waals surface area contributed by atoms with Crippen molar-refractivity contribution < 1.29 is 68.0 Å². The molecule has 21 heteroatoms. The normalized spacial score (nSPS) is 17.1.